The highest BCUT2D eigenvalue weighted by molar-refractivity contribution is 5.37. The predicted octanol–water partition coefficient (Wildman–Crippen LogP) is 5.67. The highest BCUT2D eigenvalue weighted by Crippen LogP contribution is 2.54. The number of aliphatic hydroxyl groups excluding tert-OH is 2. The van der Waals surface area contributed by atoms with Gasteiger partial charge < -0.3 is 10.2 Å². The van der Waals surface area contributed by atoms with E-state index in [0.29, 0.717) is 29.6 Å². The van der Waals surface area contributed by atoms with Crippen molar-refractivity contribution < 1.29 is 10.2 Å². The Kier molecular flexibility index (Phi) is 6.37. The van der Waals surface area contributed by atoms with Crippen molar-refractivity contribution >= 4 is 0 Å². The molecular weight excluding hydrogens is 332 g/mol. The Labute approximate surface area is 166 Å². The maximum Gasteiger partial charge on any atom is 0.0779 e. The molecule has 6 atom stereocenters. The van der Waals surface area contributed by atoms with Crippen LogP contribution in [0.2, 0.25) is 0 Å². The number of allylic oxidation sites excluding steroid dienone is 3. The van der Waals surface area contributed by atoms with Crippen LogP contribution >= 0.6 is 0 Å². The maximum atomic E-state index is 11.2. The van der Waals surface area contributed by atoms with Crippen molar-refractivity contribution in [3.05, 3.63) is 34.9 Å². The highest BCUT2D eigenvalue weighted by Gasteiger charge is 2.49. The lowest BCUT2D eigenvalue weighted by atomic mass is 9.68. The molecule has 0 unspecified atom stereocenters. The molecule has 0 heterocycles. The summed E-state index contributed by atoms with van der Waals surface area (Å²) in [6.07, 6.45) is 13.0. The molecule has 0 spiro atoms. The van der Waals surface area contributed by atoms with E-state index in [9.17, 15) is 10.2 Å². The molecule has 1 saturated carbocycles. The van der Waals surface area contributed by atoms with E-state index in [2.05, 4.69) is 52.8 Å². The van der Waals surface area contributed by atoms with Gasteiger partial charge in [0.15, 0.2) is 0 Å². The summed E-state index contributed by atoms with van der Waals surface area (Å²) in [4.78, 5) is 0. The van der Waals surface area contributed by atoms with Crippen molar-refractivity contribution in [3.8, 4) is 0 Å². The van der Waals surface area contributed by atoms with Crippen molar-refractivity contribution in [2.24, 2.45) is 35.0 Å². The topological polar surface area (TPSA) is 40.5 Å². The van der Waals surface area contributed by atoms with E-state index in [4.69, 9.17) is 0 Å². The molecule has 0 aromatic carbocycles. The molecule has 152 valence electrons. The van der Waals surface area contributed by atoms with Crippen molar-refractivity contribution in [2.75, 3.05) is 6.61 Å². The van der Waals surface area contributed by atoms with Crippen LogP contribution in [-0.4, -0.2) is 22.9 Å². The first-order chi connectivity index (χ1) is 12.8. The minimum absolute atomic E-state index is 0.0663. The molecule has 0 bridgehead atoms. The molecule has 0 aliphatic heterocycles. The number of hydrogen-bond acceptors (Lipinski definition) is 2. The molecule has 0 saturated heterocycles. The van der Waals surface area contributed by atoms with Gasteiger partial charge in [0.05, 0.1) is 12.7 Å². The Hall–Kier alpha value is -0.860. The van der Waals surface area contributed by atoms with Gasteiger partial charge in [0.2, 0.25) is 0 Å². The third kappa shape index (κ3) is 3.98. The first-order valence-corrected chi connectivity index (χ1v) is 11.1. The lowest BCUT2D eigenvalue weighted by molar-refractivity contribution is 0.0286. The average molecular weight is 373 g/mol. The van der Waals surface area contributed by atoms with Crippen molar-refractivity contribution in [2.45, 2.75) is 79.2 Å². The molecular formula is C25H40O2. The lowest BCUT2D eigenvalue weighted by Gasteiger charge is -2.38. The van der Waals surface area contributed by atoms with Crippen LogP contribution in [0.1, 0.15) is 73.1 Å². The molecule has 0 aromatic heterocycles. The van der Waals surface area contributed by atoms with Gasteiger partial charge in [-0.3, -0.25) is 0 Å². The van der Waals surface area contributed by atoms with Crippen LogP contribution in [0.15, 0.2) is 34.9 Å². The fourth-order valence-corrected chi connectivity index (χ4v) is 6.18. The number of fused-ring (bicyclic) bond motifs is 2. The Morgan fingerprint density at radius 1 is 1.19 bits per heavy atom. The summed E-state index contributed by atoms with van der Waals surface area (Å²) in [5, 5.41) is 21.3. The number of hydrogen-bond donors (Lipinski definition) is 2. The second-order valence-electron chi connectivity index (χ2n) is 10.2. The maximum absolute atomic E-state index is 11.2. The zero-order valence-electron chi connectivity index (χ0n) is 18.0. The van der Waals surface area contributed by atoms with Gasteiger partial charge in [0.25, 0.3) is 0 Å². The van der Waals surface area contributed by atoms with Gasteiger partial charge in [0, 0.05) is 5.41 Å². The van der Waals surface area contributed by atoms with E-state index in [0.717, 1.165) is 37.7 Å². The lowest BCUT2D eigenvalue weighted by Crippen LogP contribution is -2.37. The van der Waals surface area contributed by atoms with Gasteiger partial charge in [-0.15, -0.1) is 0 Å². The molecule has 3 aliphatic carbocycles. The smallest absolute Gasteiger partial charge is 0.0779 e. The van der Waals surface area contributed by atoms with E-state index < -0.39 is 0 Å². The van der Waals surface area contributed by atoms with E-state index in [1.807, 2.05) is 0 Å². The third-order valence-electron chi connectivity index (χ3n) is 8.16. The van der Waals surface area contributed by atoms with Crippen LogP contribution in [-0.2, 0) is 0 Å². The Morgan fingerprint density at radius 2 is 1.93 bits per heavy atom. The van der Waals surface area contributed by atoms with Crippen molar-refractivity contribution in [3.63, 3.8) is 0 Å². The zero-order chi connectivity index (χ0) is 19.8. The molecule has 0 amide bonds. The van der Waals surface area contributed by atoms with Gasteiger partial charge in [-0.25, -0.2) is 0 Å². The molecule has 2 nitrogen and oxygen atoms in total. The molecule has 1 fully saturated rings. The standard InChI is InChI=1S/C25H40O2/c1-16(2)20-12-13-25(5)23(20)11-8-19(15-26)22-10-7-18(4)21(22)9-6-17(3)14-24(25)27/h8,10,14,16,18,20-21,23-24,26-27H,6-7,9,11-13,15H2,1-5H3/b17-14+,19-8+/t18-,20+,21-,23-,24-,25-/m0/s1. The van der Waals surface area contributed by atoms with Crippen LogP contribution < -0.4 is 0 Å². The molecule has 0 aromatic rings. The minimum atomic E-state index is -0.368. The van der Waals surface area contributed by atoms with E-state index in [1.165, 1.54) is 17.6 Å². The number of rotatable bonds is 2. The van der Waals surface area contributed by atoms with Crippen LogP contribution in [0.5, 0.6) is 0 Å². The van der Waals surface area contributed by atoms with Crippen LogP contribution in [0.4, 0.5) is 0 Å². The van der Waals surface area contributed by atoms with Crippen LogP contribution in [0.25, 0.3) is 0 Å². The molecule has 3 aliphatic rings. The molecule has 3 rings (SSSR count). The second kappa shape index (κ2) is 8.25. The number of aliphatic hydroxyl groups is 2. The fourth-order valence-electron chi connectivity index (χ4n) is 6.18. The van der Waals surface area contributed by atoms with Crippen LogP contribution in [0.3, 0.4) is 0 Å². The predicted molar refractivity (Wildman–Crippen MR) is 113 cm³/mol. The summed E-state index contributed by atoms with van der Waals surface area (Å²) < 4.78 is 0. The molecule has 2 N–H and O–H groups in total. The second-order valence-corrected chi connectivity index (χ2v) is 10.2. The van der Waals surface area contributed by atoms with Gasteiger partial charge in [-0.1, -0.05) is 51.5 Å². The monoisotopic (exact) mass is 372 g/mol. The largest absolute Gasteiger partial charge is 0.392 e. The molecule has 0 radical (unpaired) electrons. The average Bonchev–Trinajstić information content (AvgIpc) is 3.14. The highest BCUT2D eigenvalue weighted by atomic mass is 16.3. The van der Waals surface area contributed by atoms with E-state index in [-0.39, 0.29) is 18.1 Å². The minimum Gasteiger partial charge on any atom is -0.392 e. The van der Waals surface area contributed by atoms with Crippen LogP contribution in [0, 0.1) is 35.0 Å². The van der Waals surface area contributed by atoms with E-state index >= 15 is 0 Å². The normalized spacial score (nSPS) is 44.3. The van der Waals surface area contributed by atoms with Gasteiger partial charge in [0.1, 0.15) is 0 Å². The summed E-state index contributed by atoms with van der Waals surface area (Å²) in [5.74, 6) is 2.93. The summed E-state index contributed by atoms with van der Waals surface area (Å²) >= 11 is 0. The van der Waals surface area contributed by atoms with Gasteiger partial charge >= 0.3 is 0 Å². The summed E-state index contributed by atoms with van der Waals surface area (Å²) in [6.45, 7) is 11.6. The molecule has 27 heavy (non-hydrogen) atoms. The third-order valence-corrected chi connectivity index (χ3v) is 8.16. The summed E-state index contributed by atoms with van der Waals surface area (Å²) in [7, 11) is 0. The van der Waals surface area contributed by atoms with Gasteiger partial charge in [-0.05, 0) is 86.2 Å². The Morgan fingerprint density at radius 3 is 2.59 bits per heavy atom. The fraction of sp³-hybridized carbons (Fsp3) is 0.760. The van der Waals surface area contributed by atoms with Gasteiger partial charge in [-0.2, -0.15) is 0 Å². The van der Waals surface area contributed by atoms with Crippen molar-refractivity contribution in [1.29, 1.82) is 0 Å². The Balaban J connectivity index is 2.01. The first kappa shape index (κ1) is 20.9. The summed E-state index contributed by atoms with van der Waals surface area (Å²) in [6, 6.07) is 0. The molecule has 2 heteroatoms. The quantitative estimate of drug-likeness (QED) is 0.613. The Bertz CT molecular complexity index is 626. The first-order valence-electron chi connectivity index (χ1n) is 11.1. The zero-order valence-corrected chi connectivity index (χ0v) is 18.0. The SMILES string of the molecule is C/C1=C\[C@H](O)[C@@]2(C)CC[C@H](C(C)C)[C@@H]2C/C=C(\CO)C2=CC[C@H](C)[C@@H]2CC1. The summed E-state index contributed by atoms with van der Waals surface area (Å²) in [5.41, 5.74) is 3.81. The van der Waals surface area contributed by atoms with Crippen molar-refractivity contribution in [1.82, 2.24) is 0 Å². The van der Waals surface area contributed by atoms with E-state index in [1.54, 1.807) is 0 Å².